The number of hydrogen-bond donors (Lipinski definition) is 1. The van der Waals surface area contributed by atoms with Crippen molar-refractivity contribution in [3.05, 3.63) is 0 Å². The van der Waals surface area contributed by atoms with Crippen molar-refractivity contribution in [2.75, 3.05) is 6.61 Å². The highest BCUT2D eigenvalue weighted by Gasteiger charge is 2.20. The molecule has 0 saturated carbocycles. The van der Waals surface area contributed by atoms with Gasteiger partial charge in [0.25, 0.3) is 0 Å². The van der Waals surface area contributed by atoms with Gasteiger partial charge >= 0.3 is 0 Å². The number of aliphatic hydroxyl groups is 1. The van der Waals surface area contributed by atoms with Gasteiger partial charge in [0, 0.05) is 10.00 Å². The zero-order valence-electron chi connectivity index (χ0n) is 8.22. The Morgan fingerprint density at radius 2 is 1.73 bits per heavy atom. The van der Waals surface area contributed by atoms with Crippen LogP contribution in [0.25, 0.3) is 0 Å². The highest BCUT2D eigenvalue weighted by Crippen LogP contribution is 2.31. The average Bonchev–Trinajstić information content (AvgIpc) is 1.80. The molecule has 0 amide bonds. The summed E-state index contributed by atoms with van der Waals surface area (Å²) in [5, 5.41) is 9.42. The maximum Gasteiger partial charge on any atom is 0.0552 e. The monoisotopic (exact) mass is 176 g/mol. The third-order valence-electron chi connectivity index (χ3n) is 1.43. The molecule has 1 atom stereocenters. The zero-order chi connectivity index (χ0) is 9.07. The third-order valence-corrected chi connectivity index (χ3v) is 3.13. The quantitative estimate of drug-likeness (QED) is 0.713. The minimum absolute atomic E-state index is 0.262. The smallest absolute Gasteiger partial charge is 0.0552 e. The predicted molar refractivity (Wildman–Crippen MR) is 53.1 cm³/mol. The molecule has 0 saturated heterocycles. The fourth-order valence-electron chi connectivity index (χ4n) is 0.838. The molecule has 0 aromatic heterocycles. The lowest BCUT2D eigenvalue weighted by Crippen LogP contribution is -2.23. The summed E-state index contributed by atoms with van der Waals surface area (Å²) in [4.78, 5) is 0. The van der Waals surface area contributed by atoms with Crippen LogP contribution in [0.1, 0.15) is 34.6 Å². The molecule has 0 rings (SSSR count). The van der Waals surface area contributed by atoms with E-state index in [9.17, 15) is 0 Å². The van der Waals surface area contributed by atoms with Crippen molar-refractivity contribution in [2.24, 2.45) is 5.92 Å². The Morgan fingerprint density at radius 3 is 1.82 bits per heavy atom. The van der Waals surface area contributed by atoms with Crippen molar-refractivity contribution in [1.82, 2.24) is 0 Å². The highest BCUT2D eigenvalue weighted by molar-refractivity contribution is 8.01. The van der Waals surface area contributed by atoms with Gasteiger partial charge in [-0.25, -0.2) is 0 Å². The molecule has 0 aliphatic carbocycles. The SMILES string of the molecule is CC(C)[C@H](CO)SC(C)(C)C. The van der Waals surface area contributed by atoms with Gasteiger partial charge in [-0.2, -0.15) is 0 Å². The van der Waals surface area contributed by atoms with Crippen molar-refractivity contribution < 1.29 is 5.11 Å². The van der Waals surface area contributed by atoms with E-state index in [1.54, 1.807) is 0 Å². The lowest BCUT2D eigenvalue weighted by Gasteiger charge is -2.26. The Bertz CT molecular complexity index is 105. The van der Waals surface area contributed by atoms with Crippen LogP contribution in [0.2, 0.25) is 0 Å². The summed E-state index contributed by atoms with van der Waals surface area (Å²) >= 11 is 1.86. The molecule has 2 heteroatoms. The van der Waals surface area contributed by atoms with E-state index in [0.717, 1.165) is 0 Å². The van der Waals surface area contributed by atoms with E-state index in [-0.39, 0.29) is 4.75 Å². The lowest BCUT2D eigenvalue weighted by molar-refractivity contribution is 0.274. The van der Waals surface area contributed by atoms with Crippen LogP contribution in [-0.2, 0) is 0 Å². The summed E-state index contributed by atoms with van der Waals surface area (Å²) in [6.45, 7) is 11.1. The average molecular weight is 176 g/mol. The number of aliphatic hydroxyl groups excluding tert-OH is 1. The Morgan fingerprint density at radius 1 is 1.27 bits per heavy atom. The molecule has 0 unspecified atom stereocenters. The van der Waals surface area contributed by atoms with Crippen LogP contribution in [0.4, 0.5) is 0 Å². The van der Waals surface area contributed by atoms with Gasteiger partial charge in [0.1, 0.15) is 0 Å². The third kappa shape index (κ3) is 5.57. The molecule has 0 aliphatic rings. The Balaban J connectivity index is 3.88. The van der Waals surface area contributed by atoms with E-state index < -0.39 is 0 Å². The summed E-state index contributed by atoms with van der Waals surface area (Å²) in [6, 6.07) is 0. The summed E-state index contributed by atoms with van der Waals surface area (Å²) in [5.41, 5.74) is 0. The van der Waals surface area contributed by atoms with Crippen molar-refractivity contribution in [2.45, 2.75) is 44.6 Å². The second-order valence-corrected chi connectivity index (χ2v) is 6.26. The first-order valence-electron chi connectivity index (χ1n) is 4.15. The molecule has 0 spiro atoms. The van der Waals surface area contributed by atoms with Gasteiger partial charge in [-0.05, 0) is 5.92 Å². The minimum atomic E-state index is 0.262. The van der Waals surface area contributed by atoms with Gasteiger partial charge in [-0.1, -0.05) is 34.6 Å². The molecule has 1 nitrogen and oxygen atoms in total. The fourth-order valence-corrected chi connectivity index (χ4v) is 2.09. The maximum atomic E-state index is 9.04. The summed E-state index contributed by atoms with van der Waals surface area (Å²) in [7, 11) is 0. The van der Waals surface area contributed by atoms with Crippen molar-refractivity contribution in [1.29, 1.82) is 0 Å². The fraction of sp³-hybridized carbons (Fsp3) is 1.00. The van der Waals surface area contributed by atoms with Crippen LogP contribution < -0.4 is 0 Å². The first-order chi connectivity index (χ1) is 4.87. The number of hydrogen-bond acceptors (Lipinski definition) is 2. The normalized spacial score (nSPS) is 15.5. The molecule has 0 aromatic carbocycles. The molecule has 0 heterocycles. The van der Waals surface area contributed by atoms with E-state index in [1.807, 2.05) is 11.8 Å². The van der Waals surface area contributed by atoms with E-state index in [1.165, 1.54) is 0 Å². The van der Waals surface area contributed by atoms with Crippen LogP contribution in [0.3, 0.4) is 0 Å². The van der Waals surface area contributed by atoms with Crippen molar-refractivity contribution >= 4 is 11.8 Å². The van der Waals surface area contributed by atoms with E-state index in [0.29, 0.717) is 17.8 Å². The van der Waals surface area contributed by atoms with Crippen molar-refractivity contribution in [3.63, 3.8) is 0 Å². The Hall–Kier alpha value is 0.310. The topological polar surface area (TPSA) is 20.2 Å². The van der Waals surface area contributed by atoms with E-state index in [4.69, 9.17) is 5.11 Å². The standard InChI is InChI=1S/C9H20OS/c1-7(2)8(6-10)11-9(3,4)5/h7-8,10H,6H2,1-5H3/t8-/m0/s1. The predicted octanol–water partition coefficient (Wildman–Crippen LogP) is 2.54. The maximum absolute atomic E-state index is 9.04. The number of rotatable bonds is 3. The largest absolute Gasteiger partial charge is 0.395 e. The van der Waals surface area contributed by atoms with Crippen LogP contribution >= 0.6 is 11.8 Å². The molecule has 0 aromatic rings. The number of thioether (sulfide) groups is 1. The van der Waals surface area contributed by atoms with Gasteiger partial charge < -0.3 is 5.11 Å². The highest BCUT2D eigenvalue weighted by atomic mass is 32.2. The van der Waals surface area contributed by atoms with Gasteiger partial charge in [-0.3, -0.25) is 0 Å². The van der Waals surface area contributed by atoms with E-state index >= 15 is 0 Å². The molecular weight excluding hydrogens is 156 g/mol. The molecule has 68 valence electrons. The van der Waals surface area contributed by atoms with Gasteiger partial charge in [0.05, 0.1) is 6.61 Å². The van der Waals surface area contributed by atoms with E-state index in [2.05, 4.69) is 34.6 Å². The first kappa shape index (κ1) is 11.3. The Kier molecular flexibility index (Phi) is 4.49. The second-order valence-electron chi connectivity index (χ2n) is 4.20. The summed E-state index contributed by atoms with van der Waals surface area (Å²) in [5.74, 6) is 0.559. The summed E-state index contributed by atoms with van der Waals surface area (Å²) in [6.07, 6.45) is 0. The van der Waals surface area contributed by atoms with Crippen molar-refractivity contribution in [3.8, 4) is 0 Å². The molecule has 1 N–H and O–H groups in total. The van der Waals surface area contributed by atoms with Crippen LogP contribution in [0.15, 0.2) is 0 Å². The molecular formula is C9H20OS. The van der Waals surface area contributed by atoms with Gasteiger partial charge in [-0.15, -0.1) is 11.8 Å². The molecule has 0 aliphatic heterocycles. The second kappa shape index (κ2) is 4.36. The van der Waals surface area contributed by atoms with Crippen LogP contribution in [0.5, 0.6) is 0 Å². The molecule has 11 heavy (non-hydrogen) atoms. The zero-order valence-corrected chi connectivity index (χ0v) is 9.03. The van der Waals surface area contributed by atoms with Gasteiger partial charge in [0.2, 0.25) is 0 Å². The van der Waals surface area contributed by atoms with Crippen LogP contribution in [-0.4, -0.2) is 21.7 Å². The molecule has 0 radical (unpaired) electrons. The summed E-state index contributed by atoms with van der Waals surface area (Å²) < 4.78 is 0.262. The molecule has 0 fully saturated rings. The van der Waals surface area contributed by atoms with Gasteiger partial charge in [0.15, 0.2) is 0 Å². The Labute approximate surface area is 74.6 Å². The minimum Gasteiger partial charge on any atom is -0.395 e. The molecule has 0 bridgehead atoms. The lowest BCUT2D eigenvalue weighted by atomic mass is 10.1. The van der Waals surface area contributed by atoms with Crippen LogP contribution in [0, 0.1) is 5.92 Å². The first-order valence-corrected chi connectivity index (χ1v) is 5.03.